The van der Waals surface area contributed by atoms with Gasteiger partial charge in [0.05, 0.1) is 0 Å². The van der Waals surface area contributed by atoms with Crippen molar-refractivity contribution < 1.29 is 9.59 Å². The first-order valence-corrected chi connectivity index (χ1v) is 7.26. The van der Waals surface area contributed by atoms with Gasteiger partial charge in [0.2, 0.25) is 0 Å². The molecule has 0 spiro atoms. The minimum absolute atomic E-state index is 0.0142. The fourth-order valence-electron chi connectivity index (χ4n) is 1.85. The van der Waals surface area contributed by atoms with Crippen LogP contribution in [0.25, 0.3) is 0 Å². The second-order valence-corrected chi connectivity index (χ2v) is 5.01. The quantitative estimate of drug-likeness (QED) is 0.591. The van der Waals surface area contributed by atoms with Gasteiger partial charge in [-0.3, -0.25) is 9.59 Å². The van der Waals surface area contributed by atoms with Crippen LogP contribution in [-0.2, 0) is 16.0 Å². The summed E-state index contributed by atoms with van der Waals surface area (Å²) in [7, 11) is 0. The first-order chi connectivity index (χ1) is 9.63. The molecule has 0 bridgehead atoms. The molecular weight excluding hydrogens is 252 g/mol. The van der Waals surface area contributed by atoms with Gasteiger partial charge >= 0.3 is 11.8 Å². The fraction of sp³-hybridized carbons (Fsp3) is 0.500. The molecule has 0 aliphatic carbocycles. The van der Waals surface area contributed by atoms with Gasteiger partial charge in [0, 0.05) is 12.6 Å². The van der Waals surface area contributed by atoms with Crippen molar-refractivity contribution in [1.29, 1.82) is 0 Å². The van der Waals surface area contributed by atoms with E-state index in [1.165, 1.54) is 5.56 Å². The molecule has 0 saturated heterocycles. The summed E-state index contributed by atoms with van der Waals surface area (Å²) in [6, 6.07) is 10.1. The molecule has 1 aromatic rings. The topological polar surface area (TPSA) is 58.2 Å². The predicted octanol–water partition coefficient (Wildman–Crippen LogP) is 2.04. The summed E-state index contributed by atoms with van der Waals surface area (Å²) in [6.07, 6.45) is 3.59. The summed E-state index contributed by atoms with van der Waals surface area (Å²) in [5.74, 6) is -1.08. The Bertz CT molecular complexity index is 418. The van der Waals surface area contributed by atoms with Crippen LogP contribution in [0.5, 0.6) is 0 Å². The van der Waals surface area contributed by atoms with Crippen LogP contribution in [0.3, 0.4) is 0 Å². The second-order valence-electron chi connectivity index (χ2n) is 5.01. The summed E-state index contributed by atoms with van der Waals surface area (Å²) in [6.45, 7) is 4.51. The lowest BCUT2D eigenvalue weighted by atomic mass is 10.1. The molecule has 4 nitrogen and oxygen atoms in total. The molecule has 1 atom stereocenters. The van der Waals surface area contributed by atoms with E-state index in [9.17, 15) is 9.59 Å². The van der Waals surface area contributed by atoms with Crippen molar-refractivity contribution in [1.82, 2.24) is 10.6 Å². The van der Waals surface area contributed by atoms with Crippen molar-refractivity contribution in [3.05, 3.63) is 35.9 Å². The molecule has 0 aliphatic rings. The van der Waals surface area contributed by atoms with Crippen LogP contribution in [0.2, 0.25) is 0 Å². The maximum absolute atomic E-state index is 11.6. The van der Waals surface area contributed by atoms with E-state index < -0.39 is 11.8 Å². The standard InChI is InChI=1S/C16H24N2O2/c1-3-4-12-17-15(19)16(20)18-13(2)10-11-14-8-6-5-7-9-14/h5-9,13H,3-4,10-12H2,1-2H3,(H,17,19)(H,18,20)/t13-/m1/s1. The third-order valence-corrected chi connectivity index (χ3v) is 3.11. The summed E-state index contributed by atoms with van der Waals surface area (Å²) in [5.41, 5.74) is 1.24. The lowest BCUT2D eigenvalue weighted by Crippen LogP contribution is -2.44. The van der Waals surface area contributed by atoms with Crippen molar-refractivity contribution in [3.8, 4) is 0 Å². The van der Waals surface area contributed by atoms with Gasteiger partial charge in [-0.2, -0.15) is 0 Å². The van der Waals surface area contributed by atoms with Gasteiger partial charge in [-0.05, 0) is 31.7 Å². The highest BCUT2D eigenvalue weighted by molar-refractivity contribution is 6.35. The van der Waals surface area contributed by atoms with Crippen LogP contribution in [-0.4, -0.2) is 24.4 Å². The Morgan fingerprint density at radius 3 is 2.50 bits per heavy atom. The van der Waals surface area contributed by atoms with Gasteiger partial charge in [-0.1, -0.05) is 43.7 Å². The number of rotatable bonds is 7. The van der Waals surface area contributed by atoms with Crippen LogP contribution in [0, 0.1) is 0 Å². The van der Waals surface area contributed by atoms with Crippen LogP contribution in [0.15, 0.2) is 30.3 Å². The maximum atomic E-state index is 11.6. The Kier molecular flexibility index (Phi) is 7.40. The molecule has 20 heavy (non-hydrogen) atoms. The molecule has 0 unspecified atom stereocenters. The third-order valence-electron chi connectivity index (χ3n) is 3.11. The van der Waals surface area contributed by atoms with Gasteiger partial charge in [-0.25, -0.2) is 0 Å². The molecule has 0 saturated carbocycles. The predicted molar refractivity (Wildman–Crippen MR) is 80.3 cm³/mol. The Labute approximate surface area is 121 Å². The van der Waals surface area contributed by atoms with E-state index in [1.807, 2.05) is 32.0 Å². The summed E-state index contributed by atoms with van der Waals surface area (Å²) in [4.78, 5) is 23.1. The number of nitrogens with one attached hydrogen (secondary N) is 2. The van der Waals surface area contributed by atoms with E-state index in [0.29, 0.717) is 6.54 Å². The lowest BCUT2D eigenvalue weighted by molar-refractivity contribution is -0.139. The minimum atomic E-state index is -0.540. The number of hydrogen-bond acceptors (Lipinski definition) is 2. The average Bonchev–Trinajstić information content (AvgIpc) is 2.46. The minimum Gasteiger partial charge on any atom is -0.348 e. The molecule has 0 fully saturated rings. The van der Waals surface area contributed by atoms with Crippen LogP contribution in [0.4, 0.5) is 0 Å². The number of amides is 2. The molecule has 110 valence electrons. The van der Waals surface area contributed by atoms with Gasteiger partial charge in [0.25, 0.3) is 0 Å². The molecule has 2 amide bonds. The van der Waals surface area contributed by atoms with Gasteiger partial charge in [-0.15, -0.1) is 0 Å². The molecule has 4 heteroatoms. The van der Waals surface area contributed by atoms with Crippen LogP contribution >= 0.6 is 0 Å². The Hall–Kier alpha value is -1.84. The van der Waals surface area contributed by atoms with Gasteiger partial charge in [0.15, 0.2) is 0 Å². The maximum Gasteiger partial charge on any atom is 0.309 e. The Morgan fingerprint density at radius 2 is 1.85 bits per heavy atom. The summed E-state index contributed by atoms with van der Waals surface area (Å²) < 4.78 is 0. The SMILES string of the molecule is CCCCNC(=O)C(=O)N[C@H](C)CCc1ccccc1. The van der Waals surface area contributed by atoms with Crippen molar-refractivity contribution in [3.63, 3.8) is 0 Å². The third kappa shape index (κ3) is 6.36. The number of unbranched alkanes of at least 4 members (excludes halogenated alkanes) is 1. The Morgan fingerprint density at radius 1 is 1.15 bits per heavy atom. The zero-order valence-corrected chi connectivity index (χ0v) is 12.3. The number of carbonyl (C=O) groups is 2. The number of aryl methyl sites for hydroxylation is 1. The van der Waals surface area contributed by atoms with Crippen molar-refractivity contribution in [2.75, 3.05) is 6.54 Å². The lowest BCUT2D eigenvalue weighted by Gasteiger charge is -2.13. The average molecular weight is 276 g/mol. The van der Waals surface area contributed by atoms with Crippen LogP contribution < -0.4 is 10.6 Å². The number of hydrogen-bond donors (Lipinski definition) is 2. The van der Waals surface area contributed by atoms with E-state index >= 15 is 0 Å². The number of carbonyl (C=O) groups excluding carboxylic acids is 2. The monoisotopic (exact) mass is 276 g/mol. The molecule has 0 heterocycles. The summed E-state index contributed by atoms with van der Waals surface area (Å²) in [5, 5.41) is 5.34. The molecular formula is C16H24N2O2. The summed E-state index contributed by atoms with van der Waals surface area (Å²) >= 11 is 0. The highest BCUT2D eigenvalue weighted by Crippen LogP contribution is 2.04. The zero-order chi connectivity index (χ0) is 14.8. The van der Waals surface area contributed by atoms with Crippen LogP contribution in [0.1, 0.15) is 38.7 Å². The normalized spacial score (nSPS) is 11.7. The molecule has 1 rings (SSSR count). The molecule has 2 N–H and O–H groups in total. The molecule has 0 radical (unpaired) electrons. The largest absolute Gasteiger partial charge is 0.348 e. The van der Waals surface area contributed by atoms with Crippen molar-refractivity contribution in [2.24, 2.45) is 0 Å². The highest BCUT2D eigenvalue weighted by atomic mass is 16.2. The first kappa shape index (κ1) is 16.2. The molecule has 0 aromatic heterocycles. The molecule has 1 aromatic carbocycles. The smallest absolute Gasteiger partial charge is 0.309 e. The fourth-order valence-corrected chi connectivity index (χ4v) is 1.85. The Balaban J connectivity index is 2.25. The highest BCUT2D eigenvalue weighted by Gasteiger charge is 2.15. The molecule has 0 aliphatic heterocycles. The van der Waals surface area contributed by atoms with E-state index in [4.69, 9.17) is 0 Å². The van der Waals surface area contributed by atoms with Gasteiger partial charge < -0.3 is 10.6 Å². The van der Waals surface area contributed by atoms with Crippen molar-refractivity contribution in [2.45, 2.75) is 45.6 Å². The van der Waals surface area contributed by atoms with E-state index in [0.717, 1.165) is 25.7 Å². The van der Waals surface area contributed by atoms with E-state index in [2.05, 4.69) is 22.8 Å². The van der Waals surface area contributed by atoms with Crippen molar-refractivity contribution >= 4 is 11.8 Å². The first-order valence-electron chi connectivity index (χ1n) is 7.26. The zero-order valence-electron chi connectivity index (χ0n) is 12.3. The van der Waals surface area contributed by atoms with E-state index in [-0.39, 0.29) is 6.04 Å². The second kappa shape index (κ2) is 9.13. The number of benzene rings is 1. The van der Waals surface area contributed by atoms with E-state index in [1.54, 1.807) is 0 Å². The van der Waals surface area contributed by atoms with Gasteiger partial charge in [0.1, 0.15) is 0 Å².